The first-order valence-corrected chi connectivity index (χ1v) is 10.6. The molecule has 1 aliphatic heterocycles. The maximum Gasteiger partial charge on any atom is 0.254 e. The molecule has 1 atom stereocenters. The number of ether oxygens (including phenoxy) is 1. The van der Waals surface area contributed by atoms with Gasteiger partial charge in [-0.05, 0) is 29.8 Å². The Labute approximate surface area is 185 Å². The van der Waals surface area contributed by atoms with E-state index in [-0.39, 0.29) is 17.7 Å². The Morgan fingerprint density at radius 2 is 1.88 bits per heavy atom. The van der Waals surface area contributed by atoms with Crippen molar-refractivity contribution in [3.8, 4) is 0 Å². The molecular formula is C24H26N4O4. The molecule has 1 aliphatic rings. The molecule has 1 saturated heterocycles. The summed E-state index contributed by atoms with van der Waals surface area (Å²) >= 11 is 0. The molecule has 0 spiro atoms. The molecule has 0 radical (unpaired) electrons. The molecule has 8 nitrogen and oxygen atoms in total. The largest absolute Gasteiger partial charge is 0.378 e. The molecule has 3 N–H and O–H groups in total. The van der Waals surface area contributed by atoms with Crippen LogP contribution in [0.4, 0.5) is 5.69 Å². The highest BCUT2D eigenvalue weighted by molar-refractivity contribution is 6.00. The minimum absolute atomic E-state index is 0.0957. The molecule has 2 heterocycles. The van der Waals surface area contributed by atoms with Gasteiger partial charge in [-0.1, -0.05) is 24.3 Å². The highest BCUT2D eigenvalue weighted by atomic mass is 16.5. The molecule has 0 aliphatic carbocycles. The highest BCUT2D eigenvalue weighted by Crippen LogP contribution is 2.20. The number of para-hydroxylation sites is 1. The molecule has 3 aromatic rings. The van der Waals surface area contributed by atoms with Gasteiger partial charge in [0, 0.05) is 54.8 Å². The van der Waals surface area contributed by atoms with E-state index < -0.39 is 6.04 Å². The van der Waals surface area contributed by atoms with Gasteiger partial charge >= 0.3 is 0 Å². The molecule has 1 aromatic heterocycles. The number of nitrogens with one attached hydrogen (secondary N) is 3. The van der Waals surface area contributed by atoms with Crippen molar-refractivity contribution in [2.24, 2.45) is 0 Å². The van der Waals surface area contributed by atoms with Crippen LogP contribution in [-0.2, 0) is 20.7 Å². The summed E-state index contributed by atoms with van der Waals surface area (Å²) in [4.78, 5) is 42.5. The zero-order valence-corrected chi connectivity index (χ0v) is 17.9. The number of amides is 3. The summed E-state index contributed by atoms with van der Waals surface area (Å²) in [6.07, 6.45) is 2.19. The zero-order valence-electron chi connectivity index (χ0n) is 17.9. The third-order valence-electron chi connectivity index (χ3n) is 5.47. The smallest absolute Gasteiger partial charge is 0.254 e. The molecule has 32 heavy (non-hydrogen) atoms. The van der Waals surface area contributed by atoms with E-state index in [1.54, 1.807) is 29.2 Å². The van der Waals surface area contributed by atoms with Crippen molar-refractivity contribution in [1.82, 2.24) is 15.2 Å². The maximum absolute atomic E-state index is 13.0. The van der Waals surface area contributed by atoms with Crippen LogP contribution in [0.2, 0.25) is 0 Å². The number of aromatic amines is 1. The van der Waals surface area contributed by atoms with Crippen molar-refractivity contribution in [2.45, 2.75) is 19.4 Å². The van der Waals surface area contributed by atoms with E-state index in [4.69, 9.17) is 4.74 Å². The Morgan fingerprint density at radius 3 is 2.66 bits per heavy atom. The summed E-state index contributed by atoms with van der Waals surface area (Å²) in [5, 5.41) is 6.59. The number of morpholine rings is 1. The average molecular weight is 434 g/mol. The number of hydrogen-bond acceptors (Lipinski definition) is 4. The van der Waals surface area contributed by atoms with Crippen LogP contribution in [-0.4, -0.2) is 60.0 Å². The quantitative estimate of drug-likeness (QED) is 0.554. The van der Waals surface area contributed by atoms with Crippen molar-refractivity contribution in [2.75, 3.05) is 31.6 Å². The van der Waals surface area contributed by atoms with Gasteiger partial charge in [0.1, 0.15) is 6.04 Å². The van der Waals surface area contributed by atoms with Crippen molar-refractivity contribution in [3.05, 3.63) is 65.9 Å². The van der Waals surface area contributed by atoms with Crippen LogP contribution in [0.15, 0.2) is 54.7 Å². The molecule has 4 rings (SSSR count). The zero-order chi connectivity index (χ0) is 22.5. The van der Waals surface area contributed by atoms with Gasteiger partial charge in [0.15, 0.2) is 0 Å². The summed E-state index contributed by atoms with van der Waals surface area (Å²) in [6.45, 7) is 3.52. The first-order chi connectivity index (χ1) is 15.5. The lowest BCUT2D eigenvalue weighted by Crippen LogP contribution is -2.44. The number of carbonyl (C=O) groups is 3. The molecule has 1 unspecified atom stereocenters. The lowest BCUT2D eigenvalue weighted by atomic mass is 10.0. The number of H-pyrrole nitrogens is 1. The van der Waals surface area contributed by atoms with Crippen LogP contribution in [0.25, 0.3) is 10.9 Å². The lowest BCUT2D eigenvalue weighted by Gasteiger charge is -2.27. The summed E-state index contributed by atoms with van der Waals surface area (Å²) in [5.41, 5.74) is 2.91. The van der Waals surface area contributed by atoms with Crippen LogP contribution in [0.3, 0.4) is 0 Å². The fourth-order valence-electron chi connectivity index (χ4n) is 3.88. The van der Waals surface area contributed by atoms with Crippen LogP contribution in [0.1, 0.15) is 22.8 Å². The predicted molar refractivity (Wildman–Crippen MR) is 121 cm³/mol. The van der Waals surface area contributed by atoms with E-state index in [1.807, 2.05) is 30.5 Å². The number of aromatic nitrogens is 1. The highest BCUT2D eigenvalue weighted by Gasteiger charge is 2.23. The van der Waals surface area contributed by atoms with Crippen LogP contribution in [0, 0.1) is 0 Å². The maximum atomic E-state index is 13.0. The van der Waals surface area contributed by atoms with Crippen LogP contribution < -0.4 is 10.6 Å². The van der Waals surface area contributed by atoms with Gasteiger partial charge in [-0.25, -0.2) is 0 Å². The Balaban J connectivity index is 1.49. The second kappa shape index (κ2) is 9.65. The number of rotatable bonds is 6. The Bertz CT molecular complexity index is 1130. The van der Waals surface area contributed by atoms with Gasteiger partial charge in [-0.2, -0.15) is 0 Å². The molecule has 1 fully saturated rings. The fourth-order valence-corrected chi connectivity index (χ4v) is 3.88. The first kappa shape index (κ1) is 21.6. The van der Waals surface area contributed by atoms with Crippen molar-refractivity contribution >= 4 is 34.3 Å². The number of nitrogens with zero attached hydrogens (tertiary/aromatic N) is 1. The van der Waals surface area contributed by atoms with Crippen LogP contribution >= 0.6 is 0 Å². The van der Waals surface area contributed by atoms with Crippen molar-refractivity contribution in [1.29, 1.82) is 0 Å². The van der Waals surface area contributed by atoms with Gasteiger partial charge < -0.3 is 25.3 Å². The molecule has 0 bridgehead atoms. The monoisotopic (exact) mass is 434 g/mol. The molecule has 3 amide bonds. The topological polar surface area (TPSA) is 104 Å². The second-order valence-corrected chi connectivity index (χ2v) is 7.79. The summed E-state index contributed by atoms with van der Waals surface area (Å²) in [7, 11) is 0. The third kappa shape index (κ3) is 4.97. The third-order valence-corrected chi connectivity index (χ3v) is 5.47. The number of benzene rings is 2. The standard InChI is InChI=1S/C24H26N4O4/c1-16(29)26-22(14-18-15-25-21-8-3-2-7-20(18)21)23(30)27-19-6-4-5-17(13-19)24(31)28-9-11-32-12-10-28/h2-8,13,15,22,25H,9-12,14H2,1H3,(H,26,29)(H,27,30). The van der Waals surface area contributed by atoms with Gasteiger partial charge in [-0.15, -0.1) is 0 Å². The Hall–Kier alpha value is -3.65. The molecular weight excluding hydrogens is 408 g/mol. The number of fused-ring (bicyclic) bond motifs is 1. The Kier molecular flexibility index (Phi) is 6.51. The van der Waals surface area contributed by atoms with E-state index in [9.17, 15) is 14.4 Å². The van der Waals surface area contributed by atoms with E-state index in [1.165, 1.54) is 6.92 Å². The predicted octanol–water partition coefficient (Wildman–Crippen LogP) is 2.33. The Morgan fingerprint density at radius 1 is 1.09 bits per heavy atom. The van der Waals surface area contributed by atoms with Crippen molar-refractivity contribution in [3.63, 3.8) is 0 Å². The number of carbonyl (C=O) groups excluding carboxylic acids is 3. The first-order valence-electron chi connectivity index (χ1n) is 10.6. The van der Waals surface area contributed by atoms with Gasteiger partial charge in [0.2, 0.25) is 11.8 Å². The van der Waals surface area contributed by atoms with Crippen LogP contribution in [0.5, 0.6) is 0 Å². The summed E-state index contributed by atoms with van der Waals surface area (Å²) in [6, 6.07) is 13.9. The minimum Gasteiger partial charge on any atom is -0.378 e. The molecule has 8 heteroatoms. The minimum atomic E-state index is -0.759. The van der Waals surface area contributed by atoms with Gasteiger partial charge in [-0.3, -0.25) is 14.4 Å². The van der Waals surface area contributed by atoms with E-state index >= 15 is 0 Å². The fraction of sp³-hybridized carbons (Fsp3) is 0.292. The summed E-state index contributed by atoms with van der Waals surface area (Å²) in [5.74, 6) is -0.732. The van der Waals surface area contributed by atoms with Gasteiger partial charge in [0.05, 0.1) is 13.2 Å². The number of anilines is 1. The summed E-state index contributed by atoms with van der Waals surface area (Å²) < 4.78 is 5.30. The normalized spacial score (nSPS) is 14.7. The van der Waals surface area contributed by atoms with E-state index in [0.717, 1.165) is 16.5 Å². The lowest BCUT2D eigenvalue weighted by molar-refractivity contribution is -0.125. The molecule has 2 aromatic carbocycles. The van der Waals surface area contributed by atoms with E-state index in [0.29, 0.717) is 44.0 Å². The van der Waals surface area contributed by atoms with Crippen molar-refractivity contribution < 1.29 is 19.1 Å². The molecule has 166 valence electrons. The SMILES string of the molecule is CC(=O)NC(Cc1c[nH]c2ccccc12)C(=O)Nc1cccc(C(=O)N2CCOCC2)c1. The molecule has 0 saturated carbocycles. The average Bonchev–Trinajstić information content (AvgIpc) is 3.21. The van der Waals surface area contributed by atoms with E-state index in [2.05, 4.69) is 15.6 Å². The van der Waals surface area contributed by atoms with Gasteiger partial charge in [0.25, 0.3) is 5.91 Å². The second-order valence-electron chi connectivity index (χ2n) is 7.79. The number of hydrogen-bond donors (Lipinski definition) is 3.